The van der Waals surface area contributed by atoms with Crippen LogP contribution in [-0.4, -0.2) is 52.3 Å². The molecule has 1 aromatic rings. The number of halogens is 3. The highest BCUT2D eigenvalue weighted by Crippen LogP contribution is 2.19. The summed E-state index contributed by atoms with van der Waals surface area (Å²) in [6, 6.07) is 4.67. The summed E-state index contributed by atoms with van der Waals surface area (Å²) < 4.78 is 40.8. The first-order valence-electron chi connectivity index (χ1n) is 7.88. The second kappa shape index (κ2) is 10.1. The number of hydrogen-bond acceptors (Lipinski definition) is 5. The van der Waals surface area contributed by atoms with Gasteiger partial charge in [-0.3, -0.25) is 4.79 Å². The van der Waals surface area contributed by atoms with E-state index in [0.717, 1.165) is 5.56 Å². The van der Waals surface area contributed by atoms with Crippen molar-refractivity contribution < 1.29 is 38.0 Å². The number of allylic oxidation sites excluding steroid dienone is 1. The van der Waals surface area contributed by atoms with Crippen LogP contribution in [0, 0.1) is 0 Å². The van der Waals surface area contributed by atoms with E-state index in [4.69, 9.17) is 10.8 Å². The molecule has 0 aromatic heterocycles. The van der Waals surface area contributed by atoms with Gasteiger partial charge in [-0.25, -0.2) is 0 Å². The molecule has 0 aliphatic carbocycles. The van der Waals surface area contributed by atoms with Gasteiger partial charge in [-0.15, -0.1) is 0 Å². The third-order valence-electron chi connectivity index (χ3n) is 3.52. The van der Waals surface area contributed by atoms with E-state index in [2.05, 4.69) is 4.74 Å². The second-order valence-electron chi connectivity index (χ2n) is 5.72. The maximum Gasteiger partial charge on any atom is 0.422 e. The smallest absolute Gasteiger partial charge is 0.422 e. The molecule has 0 heterocycles. The van der Waals surface area contributed by atoms with E-state index < -0.39 is 37.0 Å². The SMILES string of the molecule is NC(C(=O)O)C(O)C(O)C/C=C/CCc1ccc(OCC(F)(F)F)cc1. The lowest BCUT2D eigenvalue weighted by molar-refractivity contribution is -0.153. The quantitative estimate of drug-likeness (QED) is 0.461. The Morgan fingerprint density at radius 1 is 1.19 bits per heavy atom. The molecule has 1 aromatic carbocycles. The predicted molar refractivity (Wildman–Crippen MR) is 87.7 cm³/mol. The van der Waals surface area contributed by atoms with Crippen molar-refractivity contribution in [3.05, 3.63) is 42.0 Å². The van der Waals surface area contributed by atoms with Crippen molar-refractivity contribution in [2.24, 2.45) is 5.73 Å². The molecule has 0 fully saturated rings. The number of carboxylic acid groups (broad SMARTS) is 1. The van der Waals surface area contributed by atoms with Crippen LogP contribution in [0.4, 0.5) is 13.2 Å². The first kappa shape index (κ1) is 21.9. The van der Waals surface area contributed by atoms with Gasteiger partial charge in [-0.1, -0.05) is 24.3 Å². The molecule has 0 saturated carbocycles. The Kier molecular flexibility index (Phi) is 8.56. The van der Waals surface area contributed by atoms with Crippen molar-refractivity contribution in [2.75, 3.05) is 6.61 Å². The zero-order chi connectivity index (χ0) is 19.7. The number of hydrogen-bond donors (Lipinski definition) is 4. The maximum atomic E-state index is 12.0. The van der Waals surface area contributed by atoms with Gasteiger partial charge in [0.1, 0.15) is 17.9 Å². The lowest BCUT2D eigenvalue weighted by Gasteiger charge is -2.19. The molecule has 26 heavy (non-hydrogen) atoms. The first-order valence-corrected chi connectivity index (χ1v) is 7.88. The van der Waals surface area contributed by atoms with Gasteiger partial charge in [0.15, 0.2) is 6.61 Å². The Labute approximate surface area is 148 Å². The third kappa shape index (κ3) is 8.32. The van der Waals surface area contributed by atoms with Crippen molar-refractivity contribution in [3.8, 4) is 5.75 Å². The summed E-state index contributed by atoms with van der Waals surface area (Å²) in [5, 5.41) is 27.8. The second-order valence-corrected chi connectivity index (χ2v) is 5.72. The Bertz CT molecular complexity index is 589. The highest BCUT2D eigenvalue weighted by molar-refractivity contribution is 5.74. The fraction of sp³-hybridized carbons (Fsp3) is 0.471. The van der Waals surface area contributed by atoms with E-state index in [-0.39, 0.29) is 12.2 Å². The topological polar surface area (TPSA) is 113 Å². The van der Waals surface area contributed by atoms with Crippen LogP contribution in [0.5, 0.6) is 5.75 Å². The van der Waals surface area contributed by atoms with Crippen molar-refractivity contribution in [1.29, 1.82) is 0 Å². The van der Waals surface area contributed by atoms with Crippen LogP contribution in [0.2, 0.25) is 0 Å². The summed E-state index contributed by atoms with van der Waals surface area (Å²) >= 11 is 0. The molecule has 0 amide bonds. The van der Waals surface area contributed by atoms with Gasteiger partial charge >= 0.3 is 12.1 Å². The van der Waals surface area contributed by atoms with Gasteiger partial charge in [0, 0.05) is 0 Å². The van der Waals surface area contributed by atoms with Gasteiger partial charge in [-0.05, 0) is 37.0 Å². The van der Waals surface area contributed by atoms with Gasteiger partial charge in [-0.2, -0.15) is 13.2 Å². The number of aryl methyl sites for hydroxylation is 1. The van der Waals surface area contributed by atoms with Gasteiger partial charge < -0.3 is 25.8 Å². The van der Waals surface area contributed by atoms with Crippen LogP contribution in [0.25, 0.3) is 0 Å². The molecule has 0 spiro atoms. The summed E-state index contributed by atoms with van der Waals surface area (Å²) in [7, 11) is 0. The molecular weight excluding hydrogens is 355 g/mol. The lowest BCUT2D eigenvalue weighted by atomic mass is 10.0. The van der Waals surface area contributed by atoms with Gasteiger partial charge in [0.05, 0.1) is 6.10 Å². The Morgan fingerprint density at radius 3 is 2.35 bits per heavy atom. The number of carbonyl (C=O) groups is 1. The van der Waals surface area contributed by atoms with Crippen molar-refractivity contribution in [1.82, 2.24) is 0 Å². The molecule has 0 saturated heterocycles. The predicted octanol–water partition coefficient (Wildman–Crippen LogP) is 1.64. The molecular formula is C17H22F3NO5. The van der Waals surface area contributed by atoms with Crippen LogP contribution in [-0.2, 0) is 11.2 Å². The number of carboxylic acids is 1. The van der Waals surface area contributed by atoms with Crippen molar-refractivity contribution in [2.45, 2.75) is 43.7 Å². The molecule has 3 atom stereocenters. The summed E-state index contributed by atoms with van der Waals surface area (Å²) in [5.41, 5.74) is 6.11. The van der Waals surface area contributed by atoms with Crippen molar-refractivity contribution >= 4 is 5.97 Å². The van der Waals surface area contributed by atoms with Crippen LogP contribution in [0.15, 0.2) is 36.4 Å². The Morgan fingerprint density at radius 2 is 1.81 bits per heavy atom. The van der Waals surface area contributed by atoms with E-state index in [9.17, 15) is 28.2 Å². The maximum absolute atomic E-state index is 12.0. The lowest BCUT2D eigenvalue weighted by Crippen LogP contribution is -2.47. The van der Waals surface area contributed by atoms with E-state index in [0.29, 0.717) is 12.8 Å². The van der Waals surface area contributed by atoms with Crippen LogP contribution in [0.3, 0.4) is 0 Å². The molecule has 0 aliphatic rings. The van der Waals surface area contributed by atoms with E-state index in [1.165, 1.54) is 12.1 Å². The first-order chi connectivity index (χ1) is 12.1. The standard InChI is InChI=1S/C17H22F3NO5/c18-17(19,20)10-26-12-8-6-11(7-9-12)4-2-1-3-5-13(22)15(23)14(21)16(24)25/h1,3,6-9,13-15,22-23H,2,4-5,10,21H2,(H,24,25)/b3-1+. The minimum atomic E-state index is -4.38. The molecule has 1 rings (SSSR count). The fourth-order valence-electron chi connectivity index (χ4n) is 2.05. The average molecular weight is 377 g/mol. The van der Waals surface area contributed by atoms with Crippen LogP contribution < -0.4 is 10.5 Å². The number of aliphatic hydroxyl groups excluding tert-OH is 2. The Hall–Kier alpha value is -2.10. The zero-order valence-electron chi connectivity index (χ0n) is 13.9. The van der Waals surface area contributed by atoms with Crippen LogP contribution >= 0.6 is 0 Å². The van der Waals surface area contributed by atoms with E-state index in [1.54, 1.807) is 24.3 Å². The number of benzene rings is 1. The number of nitrogens with two attached hydrogens (primary N) is 1. The summed E-state index contributed by atoms with van der Waals surface area (Å²) in [6.07, 6.45) is -2.63. The van der Waals surface area contributed by atoms with Crippen molar-refractivity contribution in [3.63, 3.8) is 0 Å². The molecule has 9 heteroatoms. The van der Waals surface area contributed by atoms with Crippen LogP contribution in [0.1, 0.15) is 18.4 Å². The summed E-state index contributed by atoms with van der Waals surface area (Å²) in [4.78, 5) is 10.6. The highest BCUT2D eigenvalue weighted by atomic mass is 19.4. The normalized spacial score (nSPS) is 15.6. The van der Waals surface area contributed by atoms with Gasteiger partial charge in [0.2, 0.25) is 0 Å². The monoisotopic (exact) mass is 377 g/mol. The molecule has 6 nitrogen and oxygen atoms in total. The molecule has 0 bridgehead atoms. The minimum Gasteiger partial charge on any atom is -0.484 e. The number of ether oxygens (including phenoxy) is 1. The summed E-state index contributed by atoms with van der Waals surface area (Å²) in [6.45, 7) is -1.34. The molecule has 0 radical (unpaired) electrons. The summed E-state index contributed by atoms with van der Waals surface area (Å²) in [5.74, 6) is -1.27. The number of rotatable bonds is 10. The third-order valence-corrected chi connectivity index (χ3v) is 3.52. The minimum absolute atomic E-state index is 0.0480. The number of alkyl halides is 3. The fourth-order valence-corrected chi connectivity index (χ4v) is 2.05. The molecule has 146 valence electrons. The zero-order valence-corrected chi connectivity index (χ0v) is 13.9. The molecule has 0 aliphatic heterocycles. The van der Waals surface area contributed by atoms with Gasteiger partial charge in [0.25, 0.3) is 0 Å². The Balaban J connectivity index is 2.34. The van der Waals surface area contributed by atoms with E-state index in [1.807, 2.05) is 0 Å². The highest BCUT2D eigenvalue weighted by Gasteiger charge is 2.28. The average Bonchev–Trinajstić information content (AvgIpc) is 2.58. The molecule has 3 unspecified atom stereocenters. The largest absolute Gasteiger partial charge is 0.484 e. The van der Waals surface area contributed by atoms with E-state index >= 15 is 0 Å². The molecule has 5 N–H and O–H groups in total. The number of aliphatic carboxylic acids is 1. The number of aliphatic hydroxyl groups is 2.